The van der Waals surface area contributed by atoms with E-state index < -0.39 is 0 Å². The van der Waals surface area contributed by atoms with Gasteiger partial charge in [-0.05, 0) is 37.2 Å². The van der Waals surface area contributed by atoms with Crippen LogP contribution in [-0.2, 0) is 6.54 Å². The summed E-state index contributed by atoms with van der Waals surface area (Å²) in [5.74, 6) is 1.22. The molecule has 96 valence electrons. The van der Waals surface area contributed by atoms with Crippen molar-refractivity contribution in [3.63, 3.8) is 0 Å². The highest BCUT2D eigenvalue weighted by atomic mass is 35.5. The summed E-state index contributed by atoms with van der Waals surface area (Å²) >= 11 is 6.10. The number of nitrogens with two attached hydrogens (primary N) is 1. The van der Waals surface area contributed by atoms with E-state index in [1.165, 1.54) is 0 Å². The third-order valence-electron chi connectivity index (χ3n) is 2.38. The summed E-state index contributed by atoms with van der Waals surface area (Å²) in [5, 5.41) is 3.84. The Labute approximate surface area is 107 Å². The van der Waals surface area contributed by atoms with E-state index in [1.54, 1.807) is 14.2 Å². The summed E-state index contributed by atoms with van der Waals surface area (Å²) in [5.41, 5.74) is 6.48. The van der Waals surface area contributed by atoms with Crippen LogP contribution in [0.25, 0.3) is 0 Å². The van der Waals surface area contributed by atoms with Crippen LogP contribution in [0.3, 0.4) is 0 Å². The van der Waals surface area contributed by atoms with Crippen LogP contribution < -0.4 is 20.5 Å². The van der Waals surface area contributed by atoms with Gasteiger partial charge in [0.1, 0.15) is 0 Å². The zero-order chi connectivity index (χ0) is 12.7. The van der Waals surface area contributed by atoms with Crippen LogP contribution in [0.4, 0.5) is 0 Å². The monoisotopic (exact) mass is 258 g/mol. The average molecular weight is 259 g/mol. The fourth-order valence-corrected chi connectivity index (χ4v) is 1.84. The molecule has 0 amide bonds. The summed E-state index contributed by atoms with van der Waals surface area (Å²) in [4.78, 5) is 0. The van der Waals surface area contributed by atoms with Crippen molar-refractivity contribution >= 4 is 11.6 Å². The van der Waals surface area contributed by atoms with E-state index in [2.05, 4.69) is 5.32 Å². The van der Waals surface area contributed by atoms with Gasteiger partial charge >= 0.3 is 0 Å². The highest BCUT2D eigenvalue weighted by Crippen LogP contribution is 2.35. The van der Waals surface area contributed by atoms with Crippen LogP contribution in [0.5, 0.6) is 11.5 Å². The molecule has 0 bridgehead atoms. The second kappa shape index (κ2) is 7.37. The molecule has 0 aliphatic carbocycles. The van der Waals surface area contributed by atoms with Gasteiger partial charge in [-0.25, -0.2) is 0 Å². The predicted molar refractivity (Wildman–Crippen MR) is 69.9 cm³/mol. The SMILES string of the molecule is COc1cc(CNCCCN)cc(Cl)c1OC. The molecule has 1 rings (SSSR count). The first kappa shape index (κ1) is 14.1. The number of hydrogen-bond acceptors (Lipinski definition) is 4. The van der Waals surface area contributed by atoms with Crippen molar-refractivity contribution < 1.29 is 9.47 Å². The van der Waals surface area contributed by atoms with Gasteiger partial charge in [-0.1, -0.05) is 11.6 Å². The van der Waals surface area contributed by atoms with Crippen LogP contribution in [0.15, 0.2) is 12.1 Å². The minimum Gasteiger partial charge on any atom is -0.493 e. The number of methoxy groups -OCH3 is 2. The van der Waals surface area contributed by atoms with Gasteiger partial charge in [0.2, 0.25) is 0 Å². The normalized spacial score (nSPS) is 10.4. The summed E-state index contributed by atoms with van der Waals surface area (Å²) < 4.78 is 10.4. The van der Waals surface area contributed by atoms with Crippen molar-refractivity contribution in [2.24, 2.45) is 5.73 Å². The van der Waals surface area contributed by atoms with Gasteiger partial charge in [-0.3, -0.25) is 0 Å². The van der Waals surface area contributed by atoms with Crippen molar-refractivity contribution in [3.8, 4) is 11.5 Å². The molecule has 0 aromatic heterocycles. The molecule has 0 spiro atoms. The number of ether oxygens (including phenoxy) is 2. The first-order valence-corrected chi connectivity index (χ1v) is 5.92. The predicted octanol–water partition coefficient (Wildman–Crippen LogP) is 1.80. The quantitative estimate of drug-likeness (QED) is 0.733. The lowest BCUT2D eigenvalue weighted by atomic mass is 10.2. The molecule has 1 aromatic carbocycles. The third-order valence-corrected chi connectivity index (χ3v) is 2.66. The second-order valence-electron chi connectivity index (χ2n) is 3.63. The van der Waals surface area contributed by atoms with E-state index in [9.17, 15) is 0 Å². The van der Waals surface area contributed by atoms with Crippen LogP contribution in [-0.4, -0.2) is 27.3 Å². The molecule has 1 aromatic rings. The van der Waals surface area contributed by atoms with Gasteiger partial charge in [0.05, 0.1) is 19.2 Å². The summed E-state index contributed by atoms with van der Waals surface area (Å²) in [6.07, 6.45) is 0.959. The standard InChI is InChI=1S/C12H19ClN2O2/c1-16-11-7-9(8-15-5-3-4-14)6-10(13)12(11)17-2/h6-7,15H,3-5,8,14H2,1-2H3. The van der Waals surface area contributed by atoms with Gasteiger partial charge in [-0.15, -0.1) is 0 Å². The zero-order valence-corrected chi connectivity index (χ0v) is 11.0. The van der Waals surface area contributed by atoms with Crippen LogP contribution in [0.2, 0.25) is 5.02 Å². The average Bonchev–Trinajstić information content (AvgIpc) is 2.34. The van der Waals surface area contributed by atoms with Crippen molar-refractivity contribution in [2.75, 3.05) is 27.3 Å². The molecular weight excluding hydrogens is 240 g/mol. The molecular formula is C12H19ClN2O2. The molecule has 3 N–H and O–H groups in total. The summed E-state index contributed by atoms with van der Waals surface area (Å²) in [6.45, 7) is 2.32. The molecule has 0 saturated carbocycles. The maximum atomic E-state index is 6.10. The Balaban J connectivity index is 2.70. The van der Waals surface area contributed by atoms with E-state index >= 15 is 0 Å². The number of halogens is 1. The molecule has 4 nitrogen and oxygen atoms in total. The summed E-state index contributed by atoms with van der Waals surface area (Å²) in [6, 6.07) is 3.79. The first-order valence-electron chi connectivity index (χ1n) is 5.54. The maximum absolute atomic E-state index is 6.10. The van der Waals surface area contributed by atoms with E-state index in [1.807, 2.05) is 12.1 Å². The van der Waals surface area contributed by atoms with E-state index in [4.69, 9.17) is 26.8 Å². The second-order valence-corrected chi connectivity index (χ2v) is 4.04. The largest absolute Gasteiger partial charge is 0.493 e. The number of benzene rings is 1. The molecule has 0 heterocycles. The molecule has 0 saturated heterocycles. The van der Waals surface area contributed by atoms with Crippen LogP contribution in [0.1, 0.15) is 12.0 Å². The highest BCUT2D eigenvalue weighted by Gasteiger charge is 2.10. The van der Waals surface area contributed by atoms with Crippen molar-refractivity contribution in [1.29, 1.82) is 0 Å². The van der Waals surface area contributed by atoms with Gasteiger partial charge in [0.15, 0.2) is 11.5 Å². The molecule has 0 radical (unpaired) electrons. The number of hydrogen-bond donors (Lipinski definition) is 2. The third kappa shape index (κ3) is 4.07. The number of nitrogens with one attached hydrogen (secondary N) is 1. The molecule has 0 unspecified atom stereocenters. The lowest BCUT2D eigenvalue weighted by Crippen LogP contribution is -2.17. The van der Waals surface area contributed by atoms with Gasteiger partial charge in [-0.2, -0.15) is 0 Å². The topological polar surface area (TPSA) is 56.5 Å². The van der Waals surface area contributed by atoms with Crippen molar-refractivity contribution in [2.45, 2.75) is 13.0 Å². The Kier molecular flexibility index (Phi) is 6.11. The molecule has 5 heteroatoms. The number of rotatable bonds is 7. The van der Waals surface area contributed by atoms with Crippen molar-refractivity contribution in [3.05, 3.63) is 22.7 Å². The van der Waals surface area contributed by atoms with E-state index in [0.29, 0.717) is 23.1 Å². The smallest absolute Gasteiger partial charge is 0.179 e. The molecule has 0 fully saturated rings. The molecule has 17 heavy (non-hydrogen) atoms. The lowest BCUT2D eigenvalue weighted by Gasteiger charge is -2.12. The Morgan fingerprint density at radius 2 is 2.06 bits per heavy atom. The Hall–Kier alpha value is -0.970. The minimum atomic E-state index is 0.558. The maximum Gasteiger partial charge on any atom is 0.179 e. The first-order chi connectivity index (χ1) is 8.22. The van der Waals surface area contributed by atoms with Gasteiger partial charge in [0, 0.05) is 6.54 Å². The lowest BCUT2D eigenvalue weighted by molar-refractivity contribution is 0.354. The highest BCUT2D eigenvalue weighted by molar-refractivity contribution is 6.32. The zero-order valence-electron chi connectivity index (χ0n) is 10.3. The Morgan fingerprint density at radius 1 is 1.29 bits per heavy atom. The fourth-order valence-electron chi connectivity index (χ4n) is 1.53. The van der Waals surface area contributed by atoms with Gasteiger partial charge in [0.25, 0.3) is 0 Å². The molecule has 0 aliphatic rings. The Bertz CT molecular complexity index is 359. The molecule has 0 atom stereocenters. The van der Waals surface area contributed by atoms with Crippen molar-refractivity contribution in [1.82, 2.24) is 5.32 Å². The fraction of sp³-hybridized carbons (Fsp3) is 0.500. The van der Waals surface area contributed by atoms with Gasteiger partial charge < -0.3 is 20.5 Å². The van der Waals surface area contributed by atoms with E-state index in [0.717, 1.165) is 25.1 Å². The van der Waals surface area contributed by atoms with E-state index in [-0.39, 0.29) is 0 Å². The molecule has 0 aliphatic heterocycles. The van der Waals surface area contributed by atoms with Crippen LogP contribution in [0, 0.1) is 0 Å². The summed E-state index contributed by atoms with van der Waals surface area (Å²) in [7, 11) is 3.17. The van der Waals surface area contributed by atoms with Crippen LogP contribution >= 0.6 is 11.6 Å². The Morgan fingerprint density at radius 3 is 2.65 bits per heavy atom. The minimum absolute atomic E-state index is 0.558.